The van der Waals surface area contributed by atoms with Gasteiger partial charge in [0.15, 0.2) is 5.75 Å². The fourth-order valence-corrected chi connectivity index (χ4v) is 1.20. The molecule has 16 heavy (non-hydrogen) atoms. The van der Waals surface area contributed by atoms with Gasteiger partial charge in [0.05, 0.1) is 18.0 Å². The summed E-state index contributed by atoms with van der Waals surface area (Å²) in [6, 6.07) is 5.31. The van der Waals surface area contributed by atoms with Crippen LogP contribution in [0.4, 0.5) is 0 Å². The fourth-order valence-electron chi connectivity index (χ4n) is 1.20. The molecule has 0 atom stereocenters. The predicted molar refractivity (Wildman–Crippen MR) is 56.9 cm³/mol. The van der Waals surface area contributed by atoms with Gasteiger partial charge < -0.3 is 4.74 Å². The van der Waals surface area contributed by atoms with Crippen LogP contribution in [0.25, 0.3) is 0 Å². The molecule has 0 aliphatic rings. The Morgan fingerprint density at radius 1 is 1.44 bits per heavy atom. The first kappa shape index (κ1) is 10.2. The molecule has 0 unspecified atom stereocenters. The smallest absolute Gasteiger partial charge is 0.219 e. The Labute approximate surface area is 92.9 Å². The van der Waals surface area contributed by atoms with Crippen LogP contribution in [0.5, 0.6) is 11.6 Å². The molecule has 0 aliphatic carbocycles. The molecule has 0 amide bonds. The van der Waals surface area contributed by atoms with Crippen LogP contribution in [0, 0.1) is 11.3 Å². The average Bonchev–Trinajstić information content (AvgIpc) is 2.78. The van der Waals surface area contributed by atoms with Gasteiger partial charge in [-0.25, -0.2) is 4.98 Å². The molecule has 2 aromatic rings. The van der Waals surface area contributed by atoms with E-state index in [4.69, 9.17) is 10.00 Å². The molecule has 0 saturated carbocycles. The number of nitrogens with zero attached hydrogens (tertiary/aromatic N) is 4. The molecule has 5 heteroatoms. The Kier molecular flexibility index (Phi) is 2.83. The second-order valence-corrected chi connectivity index (χ2v) is 3.13. The molecule has 0 N–H and O–H groups in total. The Balaban J connectivity index is 2.11. The van der Waals surface area contributed by atoms with Crippen molar-refractivity contribution in [2.75, 3.05) is 0 Å². The summed E-state index contributed by atoms with van der Waals surface area (Å²) in [5.74, 6) is 1.09. The van der Waals surface area contributed by atoms with Gasteiger partial charge in [0, 0.05) is 18.8 Å². The number of aromatic nitrogens is 3. The lowest BCUT2D eigenvalue weighted by molar-refractivity contribution is 0.461. The van der Waals surface area contributed by atoms with Crippen molar-refractivity contribution in [1.82, 2.24) is 14.8 Å². The third-order valence-electron chi connectivity index (χ3n) is 2.02. The topological polar surface area (TPSA) is 63.7 Å². The lowest BCUT2D eigenvalue weighted by Gasteiger charge is -2.00. The van der Waals surface area contributed by atoms with E-state index in [1.807, 2.05) is 13.0 Å². The van der Waals surface area contributed by atoms with Crippen molar-refractivity contribution in [3.05, 3.63) is 36.3 Å². The Hall–Kier alpha value is -2.35. The van der Waals surface area contributed by atoms with E-state index in [1.165, 1.54) is 6.20 Å². The predicted octanol–water partition coefficient (Wildman–Crippen LogP) is 1.96. The number of hydrogen-bond donors (Lipinski definition) is 0. The van der Waals surface area contributed by atoms with E-state index in [0.717, 1.165) is 6.54 Å². The summed E-state index contributed by atoms with van der Waals surface area (Å²) in [5.41, 5.74) is 0.511. The molecule has 0 aliphatic heterocycles. The first-order valence-corrected chi connectivity index (χ1v) is 4.88. The summed E-state index contributed by atoms with van der Waals surface area (Å²) in [5, 5.41) is 12.7. The van der Waals surface area contributed by atoms with Gasteiger partial charge in [-0.05, 0) is 13.0 Å². The highest BCUT2D eigenvalue weighted by Gasteiger charge is 2.01. The zero-order valence-electron chi connectivity index (χ0n) is 8.79. The average molecular weight is 214 g/mol. The number of nitriles is 1. The third kappa shape index (κ3) is 2.17. The minimum atomic E-state index is 0.453. The summed E-state index contributed by atoms with van der Waals surface area (Å²) in [6.07, 6.45) is 4.89. The Bertz CT molecular complexity index is 510. The monoisotopic (exact) mass is 214 g/mol. The molecule has 0 radical (unpaired) electrons. The normalized spacial score (nSPS) is 9.75. The molecule has 5 nitrogen and oxygen atoms in total. The quantitative estimate of drug-likeness (QED) is 0.783. The van der Waals surface area contributed by atoms with Crippen molar-refractivity contribution in [2.24, 2.45) is 0 Å². The first-order chi connectivity index (χ1) is 7.81. The summed E-state index contributed by atoms with van der Waals surface area (Å²) in [4.78, 5) is 4.00. The molecule has 0 saturated heterocycles. The number of hydrogen-bond acceptors (Lipinski definition) is 4. The highest BCUT2D eigenvalue weighted by atomic mass is 16.5. The summed E-state index contributed by atoms with van der Waals surface area (Å²) >= 11 is 0. The highest BCUT2D eigenvalue weighted by Crippen LogP contribution is 2.17. The zero-order valence-corrected chi connectivity index (χ0v) is 8.79. The van der Waals surface area contributed by atoms with Crippen molar-refractivity contribution in [2.45, 2.75) is 13.5 Å². The molecule has 2 aromatic heterocycles. The SMILES string of the molecule is CCn1cc(Oc2ccc(C#N)cn2)cn1. The van der Waals surface area contributed by atoms with Crippen LogP contribution in [0.3, 0.4) is 0 Å². The van der Waals surface area contributed by atoms with E-state index < -0.39 is 0 Å². The van der Waals surface area contributed by atoms with E-state index in [-0.39, 0.29) is 0 Å². The molecular weight excluding hydrogens is 204 g/mol. The molecule has 0 fully saturated rings. The van der Waals surface area contributed by atoms with Crippen molar-refractivity contribution in [3.8, 4) is 17.7 Å². The van der Waals surface area contributed by atoms with Crippen LogP contribution in [-0.4, -0.2) is 14.8 Å². The lowest BCUT2D eigenvalue weighted by atomic mass is 10.3. The van der Waals surface area contributed by atoms with Gasteiger partial charge in [-0.3, -0.25) is 4.68 Å². The third-order valence-corrected chi connectivity index (χ3v) is 2.02. The molecule has 2 heterocycles. The maximum absolute atomic E-state index is 8.61. The highest BCUT2D eigenvalue weighted by molar-refractivity contribution is 5.30. The minimum Gasteiger partial charge on any atom is -0.436 e. The zero-order chi connectivity index (χ0) is 11.4. The van der Waals surface area contributed by atoms with Crippen LogP contribution < -0.4 is 4.74 Å². The van der Waals surface area contributed by atoms with Crippen LogP contribution in [0.2, 0.25) is 0 Å². The second-order valence-electron chi connectivity index (χ2n) is 3.13. The van der Waals surface area contributed by atoms with Crippen LogP contribution in [0.1, 0.15) is 12.5 Å². The first-order valence-electron chi connectivity index (χ1n) is 4.88. The summed E-state index contributed by atoms with van der Waals surface area (Å²) in [7, 11) is 0. The second kappa shape index (κ2) is 4.45. The van der Waals surface area contributed by atoms with Gasteiger partial charge in [-0.1, -0.05) is 0 Å². The van der Waals surface area contributed by atoms with Crippen molar-refractivity contribution in [1.29, 1.82) is 5.26 Å². The molecule has 0 bridgehead atoms. The molecule has 0 spiro atoms. The van der Waals surface area contributed by atoms with E-state index in [2.05, 4.69) is 10.1 Å². The maximum Gasteiger partial charge on any atom is 0.219 e. The number of ether oxygens (including phenoxy) is 1. The van der Waals surface area contributed by atoms with E-state index in [0.29, 0.717) is 17.2 Å². The van der Waals surface area contributed by atoms with Gasteiger partial charge in [0.2, 0.25) is 5.88 Å². The molecular formula is C11H10N4O. The van der Waals surface area contributed by atoms with Gasteiger partial charge in [0.25, 0.3) is 0 Å². The molecule has 2 rings (SSSR count). The van der Waals surface area contributed by atoms with Crippen LogP contribution in [-0.2, 0) is 6.54 Å². The largest absolute Gasteiger partial charge is 0.436 e. The summed E-state index contributed by atoms with van der Waals surface area (Å²) in [6.45, 7) is 2.79. The molecule has 80 valence electrons. The van der Waals surface area contributed by atoms with Crippen LogP contribution >= 0.6 is 0 Å². The number of aryl methyl sites for hydroxylation is 1. The van der Waals surface area contributed by atoms with Gasteiger partial charge in [0.1, 0.15) is 6.07 Å². The molecule has 0 aromatic carbocycles. The fraction of sp³-hybridized carbons (Fsp3) is 0.182. The van der Waals surface area contributed by atoms with E-state index in [9.17, 15) is 0 Å². The van der Waals surface area contributed by atoms with Crippen molar-refractivity contribution < 1.29 is 4.74 Å². The van der Waals surface area contributed by atoms with E-state index in [1.54, 1.807) is 29.2 Å². The minimum absolute atomic E-state index is 0.453. The lowest BCUT2D eigenvalue weighted by Crippen LogP contribution is -1.92. The number of pyridine rings is 1. The number of rotatable bonds is 3. The Morgan fingerprint density at radius 2 is 2.31 bits per heavy atom. The van der Waals surface area contributed by atoms with Crippen molar-refractivity contribution in [3.63, 3.8) is 0 Å². The van der Waals surface area contributed by atoms with Crippen molar-refractivity contribution >= 4 is 0 Å². The summed E-state index contributed by atoms with van der Waals surface area (Å²) < 4.78 is 7.22. The van der Waals surface area contributed by atoms with E-state index >= 15 is 0 Å². The van der Waals surface area contributed by atoms with Crippen LogP contribution in [0.15, 0.2) is 30.7 Å². The Morgan fingerprint density at radius 3 is 2.88 bits per heavy atom. The van der Waals surface area contributed by atoms with Gasteiger partial charge in [-0.2, -0.15) is 10.4 Å². The van der Waals surface area contributed by atoms with Gasteiger partial charge >= 0.3 is 0 Å². The maximum atomic E-state index is 8.61. The standard InChI is InChI=1S/C11H10N4O/c1-2-15-8-10(7-14-15)16-11-4-3-9(5-12)6-13-11/h3-4,6-8H,2H2,1H3. The van der Waals surface area contributed by atoms with Gasteiger partial charge in [-0.15, -0.1) is 0 Å².